The van der Waals surface area contributed by atoms with E-state index in [2.05, 4.69) is 54.6 Å². The Morgan fingerprint density at radius 1 is 0.727 bits per heavy atom. The zero-order valence-electron chi connectivity index (χ0n) is 12.7. The molecule has 0 atom stereocenters. The first-order chi connectivity index (χ1) is 10.9. The molecule has 0 N–H and O–H groups in total. The Morgan fingerprint density at radius 3 is 1.95 bits per heavy atom. The minimum atomic E-state index is 0.773. The average Bonchev–Trinajstić information content (AvgIpc) is 2.63. The Bertz CT molecular complexity index is 644. The maximum absolute atomic E-state index is 7.26. The fourth-order valence-corrected chi connectivity index (χ4v) is 3.15. The summed E-state index contributed by atoms with van der Waals surface area (Å²) in [7, 11) is 0. The normalized spacial score (nSPS) is 14.1. The van der Waals surface area contributed by atoms with E-state index >= 15 is 0 Å². The summed E-state index contributed by atoms with van der Waals surface area (Å²) < 4.78 is 0. The molecule has 1 fully saturated rings. The molecule has 1 saturated carbocycles. The van der Waals surface area contributed by atoms with Crippen LogP contribution in [0.15, 0.2) is 54.6 Å². The van der Waals surface area contributed by atoms with Gasteiger partial charge in [0.2, 0.25) is 0 Å². The monoisotopic (exact) mass is 288 g/mol. The second-order valence-corrected chi connectivity index (χ2v) is 5.51. The lowest BCUT2D eigenvalue weighted by Gasteiger charge is -2.24. The molecule has 1 aliphatic rings. The minimum absolute atomic E-state index is 0.773. The molecule has 2 aromatic rings. The van der Waals surface area contributed by atoms with Crippen molar-refractivity contribution in [3.8, 4) is 23.3 Å². The van der Waals surface area contributed by atoms with Gasteiger partial charge in [-0.15, -0.1) is 0 Å². The lowest BCUT2D eigenvalue weighted by molar-refractivity contribution is 0.444. The van der Waals surface area contributed by atoms with Gasteiger partial charge < -0.3 is 0 Å². The van der Waals surface area contributed by atoms with Gasteiger partial charge in [-0.1, -0.05) is 73.9 Å². The van der Waals surface area contributed by atoms with E-state index < -0.39 is 0 Å². The van der Waals surface area contributed by atoms with Crippen LogP contribution in [0.4, 0.5) is 0 Å². The fraction of sp³-hybridized carbons (Fsp3) is 0.300. The summed E-state index contributed by atoms with van der Waals surface area (Å²) >= 11 is 0. The Hall–Kier alpha value is -2.58. The standard InChI is InChI=1S/C18H20.C2N2/c1-3-9-15(10-4-1)17-13-7-8-14-18(17)16-11-5-2-6-12-16;3-1-2-4/h1,3-4,7-10,13-14,16H,2,5-6,11-12H2;. The summed E-state index contributed by atoms with van der Waals surface area (Å²) in [4.78, 5) is 0. The third-order valence-electron chi connectivity index (χ3n) is 4.14. The maximum Gasteiger partial charge on any atom is 0.181 e. The van der Waals surface area contributed by atoms with E-state index in [-0.39, 0.29) is 0 Å². The molecule has 3 rings (SSSR count). The molecular weight excluding hydrogens is 268 g/mol. The zero-order valence-corrected chi connectivity index (χ0v) is 12.7. The Morgan fingerprint density at radius 2 is 1.32 bits per heavy atom. The van der Waals surface area contributed by atoms with E-state index in [0.717, 1.165) is 5.92 Å². The Balaban J connectivity index is 0.000000396. The lowest BCUT2D eigenvalue weighted by atomic mass is 9.81. The molecular formula is C20H20N2. The zero-order chi connectivity index (χ0) is 15.6. The topological polar surface area (TPSA) is 47.6 Å². The van der Waals surface area contributed by atoms with Gasteiger partial charge in [0.15, 0.2) is 12.1 Å². The summed E-state index contributed by atoms with van der Waals surface area (Å²) in [6, 6.07) is 22.2. The minimum Gasteiger partial charge on any atom is -0.181 e. The first kappa shape index (κ1) is 15.8. The molecule has 0 unspecified atom stereocenters. The molecule has 2 aromatic carbocycles. The van der Waals surface area contributed by atoms with Gasteiger partial charge in [0, 0.05) is 0 Å². The third-order valence-corrected chi connectivity index (χ3v) is 4.14. The van der Waals surface area contributed by atoms with E-state index in [1.807, 2.05) is 0 Å². The van der Waals surface area contributed by atoms with Crippen LogP contribution in [0.1, 0.15) is 43.6 Å². The second-order valence-electron chi connectivity index (χ2n) is 5.51. The van der Waals surface area contributed by atoms with Crippen LogP contribution in [0.25, 0.3) is 11.1 Å². The van der Waals surface area contributed by atoms with Crippen LogP contribution < -0.4 is 0 Å². The van der Waals surface area contributed by atoms with E-state index in [1.165, 1.54) is 55.4 Å². The molecule has 0 saturated heterocycles. The van der Waals surface area contributed by atoms with Crippen LogP contribution in [0, 0.1) is 22.7 Å². The Labute approximate surface area is 132 Å². The number of benzene rings is 2. The summed E-state index contributed by atoms with van der Waals surface area (Å²) in [5.41, 5.74) is 4.35. The SMILES string of the molecule is N#CC#N.c1ccc(-c2ccccc2C2CCCCC2)cc1. The quantitative estimate of drug-likeness (QED) is 0.739. The van der Waals surface area contributed by atoms with Gasteiger partial charge in [0.1, 0.15) is 0 Å². The summed E-state index contributed by atoms with van der Waals surface area (Å²) in [6.07, 6.45) is 6.94. The lowest BCUT2D eigenvalue weighted by Crippen LogP contribution is -2.05. The number of nitrogens with zero attached hydrogens (tertiary/aromatic N) is 2. The fourth-order valence-electron chi connectivity index (χ4n) is 3.15. The van der Waals surface area contributed by atoms with E-state index in [0.29, 0.717) is 0 Å². The first-order valence-corrected chi connectivity index (χ1v) is 7.79. The van der Waals surface area contributed by atoms with Gasteiger partial charge in [-0.2, -0.15) is 10.5 Å². The predicted octanol–water partition coefficient (Wildman–Crippen LogP) is 5.43. The van der Waals surface area contributed by atoms with E-state index in [9.17, 15) is 0 Å². The molecule has 22 heavy (non-hydrogen) atoms. The summed E-state index contributed by atoms with van der Waals surface area (Å²) in [6.45, 7) is 0. The van der Waals surface area contributed by atoms with Crippen LogP contribution in [0.3, 0.4) is 0 Å². The maximum atomic E-state index is 7.26. The van der Waals surface area contributed by atoms with E-state index in [1.54, 1.807) is 5.56 Å². The number of nitriles is 2. The highest BCUT2D eigenvalue weighted by molar-refractivity contribution is 5.68. The van der Waals surface area contributed by atoms with Crippen molar-refractivity contribution in [3.05, 3.63) is 60.2 Å². The molecule has 2 heteroatoms. The van der Waals surface area contributed by atoms with Gasteiger partial charge in [-0.25, -0.2) is 0 Å². The molecule has 0 aliphatic heterocycles. The molecule has 0 bridgehead atoms. The molecule has 2 nitrogen and oxygen atoms in total. The van der Waals surface area contributed by atoms with Crippen molar-refractivity contribution in [2.45, 2.75) is 38.0 Å². The van der Waals surface area contributed by atoms with Crippen molar-refractivity contribution in [3.63, 3.8) is 0 Å². The summed E-state index contributed by atoms with van der Waals surface area (Å²) in [5, 5.41) is 14.5. The van der Waals surface area contributed by atoms with Crippen molar-refractivity contribution in [2.75, 3.05) is 0 Å². The number of hydrogen-bond donors (Lipinski definition) is 0. The third kappa shape index (κ3) is 4.21. The Kier molecular flexibility index (Phi) is 6.21. The van der Waals surface area contributed by atoms with Crippen LogP contribution in [-0.2, 0) is 0 Å². The van der Waals surface area contributed by atoms with Crippen LogP contribution in [-0.4, -0.2) is 0 Å². The average molecular weight is 288 g/mol. The van der Waals surface area contributed by atoms with E-state index in [4.69, 9.17) is 10.5 Å². The van der Waals surface area contributed by atoms with Crippen LogP contribution >= 0.6 is 0 Å². The van der Waals surface area contributed by atoms with Crippen LogP contribution in [0.5, 0.6) is 0 Å². The molecule has 0 heterocycles. The van der Waals surface area contributed by atoms with Gasteiger partial charge in [-0.05, 0) is 35.4 Å². The largest absolute Gasteiger partial charge is 0.181 e. The predicted molar refractivity (Wildman–Crippen MR) is 88.9 cm³/mol. The van der Waals surface area contributed by atoms with Crippen molar-refractivity contribution >= 4 is 0 Å². The highest BCUT2D eigenvalue weighted by Crippen LogP contribution is 2.37. The molecule has 0 aromatic heterocycles. The highest BCUT2D eigenvalue weighted by Gasteiger charge is 2.18. The number of hydrogen-bond acceptors (Lipinski definition) is 2. The van der Waals surface area contributed by atoms with Gasteiger partial charge in [0.25, 0.3) is 0 Å². The smallest absolute Gasteiger partial charge is 0.181 e. The van der Waals surface area contributed by atoms with Gasteiger partial charge >= 0.3 is 0 Å². The molecule has 110 valence electrons. The first-order valence-electron chi connectivity index (χ1n) is 7.79. The molecule has 1 aliphatic carbocycles. The second kappa shape index (κ2) is 8.65. The highest BCUT2D eigenvalue weighted by atomic mass is 14.3. The summed E-state index contributed by atoms with van der Waals surface area (Å²) in [5.74, 6) is 0.773. The van der Waals surface area contributed by atoms with Crippen molar-refractivity contribution in [1.29, 1.82) is 10.5 Å². The van der Waals surface area contributed by atoms with Crippen molar-refractivity contribution in [1.82, 2.24) is 0 Å². The molecule has 0 amide bonds. The van der Waals surface area contributed by atoms with Crippen LogP contribution in [0.2, 0.25) is 0 Å². The molecule has 0 spiro atoms. The van der Waals surface area contributed by atoms with Gasteiger partial charge in [-0.3, -0.25) is 0 Å². The van der Waals surface area contributed by atoms with Crippen molar-refractivity contribution in [2.24, 2.45) is 0 Å². The molecule has 0 radical (unpaired) electrons. The number of rotatable bonds is 2. The van der Waals surface area contributed by atoms with Gasteiger partial charge in [0.05, 0.1) is 0 Å². The van der Waals surface area contributed by atoms with Crippen molar-refractivity contribution < 1.29 is 0 Å².